The lowest BCUT2D eigenvalue weighted by Gasteiger charge is -2.32. The number of furan rings is 1. The summed E-state index contributed by atoms with van der Waals surface area (Å²) < 4.78 is 7.04. The zero-order valence-electron chi connectivity index (χ0n) is 33.4. The fourth-order valence-corrected chi connectivity index (χ4v) is 8.77. The van der Waals surface area contributed by atoms with E-state index < -0.39 is 0 Å². The Kier molecular flexibility index (Phi) is 9.18. The summed E-state index contributed by atoms with van der Waals surface area (Å²) >= 11 is 0. The van der Waals surface area contributed by atoms with Crippen molar-refractivity contribution in [2.24, 2.45) is 0 Å². The second kappa shape index (κ2) is 15.6. The highest BCUT2D eigenvalue weighted by Gasteiger charge is 2.26. The molecule has 0 bridgehead atoms. The molecule has 0 aliphatic heterocycles. The van der Waals surface area contributed by atoms with Gasteiger partial charge in [-0.05, 0) is 87.6 Å². The van der Waals surface area contributed by atoms with E-state index >= 15 is 0 Å². The number of para-hydroxylation sites is 3. The molecular weight excluding hydrogens is 741 g/mol. The van der Waals surface area contributed by atoms with Crippen LogP contribution < -0.4 is 9.80 Å². The minimum atomic E-state index is 0.805. The van der Waals surface area contributed by atoms with Crippen LogP contribution in [0.5, 0.6) is 0 Å². The van der Waals surface area contributed by atoms with Crippen LogP contribution in [0, 0.1) is 0 Å². The van der Waals surface area contributed by atoms with E-state index in [9.17, 15) is 0 Å². The number of rotatable bonds is 9. The lowest BCUT2D eigenvalue weighted by Crippen LogP contribution is -2.15. The number of hydrogen-bond acceptors (Lipinski definition) is 3. The van der Waals surface area contributed by atoms with Gasteiger partial charge in [0.25, 0.3) is 0 Å². The molecule has 3 nitrogen and oxygen atoms in total. The first-order chi connectivity index (χ1) is 30.3. The molecule has 0 aliphatic carbocycles. The Labute approximate surface area is 355 Å². The molecule has 0 saturated carbocycles. The molecule has 288 valence electrons. The van der Waals surface area contributed by atoms with E-state index in [0.717, 1.165) is 89.3 Å². The van der Waals surface area contributed by atoms with Crippen molar-refractivity contribution in [1.29, 1.82) is 0 Å². The molecule has 11 aromatic rings. The molecule has 11 rings (SSSR count). The SMILES string of the molecule is c1ccc(-c2ccc(N(c3ccccc3-c3ccccc3)c3cc(N(c4ccccc4)c4ccccc4-c4ccccc4)cc4oc5cc6ccccc6cc5c34)cc2)cc1. The van der Waals surface area contributed by atoms with Crippen LogP contribution in [0.15, 0.2) is 247 Å². The molecule has 61 heavy (non-hydrogen) atoms. The standard InChI is InChI=1S/C58H40N2O/c1-5-19-41(20-6-1)42-33-35-48(36-34-42)60(54-32-18-16-30-51(54)44-23-9-3-10-24-44)55-39-49(40-57-58(55)52-37-45-25-13-14-26-46(45)38-56(52)61-57)59(47-27-11-4-12-28-47)53-31-17-15-29-50(53)43-21-7-2-8-22-43/h1-40H. The molecule has 0 radical (unpaired) electrons. The zero-order valence-corrected chi connectivity index (χ0v) is 33.4. The first-order valence-corrected chi connectivity index (χ1v) is 20.8. The predicted molar refractivity (Wildman–Crippen MR) is 257 cm³/mol. The molecule has 0 amide bonds. The summed E-state index contributed by atoms with van der Waals surface area (Å²) in [5.74, 6) is 0. The largest absolute Gasteiger partial charge is 0.456 e. The van der Waals surface area contributed by atoms with Crippen molar-refractivity contribution in [3.63, 3.8) is 0 Å². The molecule has 0 spiro atoms. The third-order valence-electron chi connectivity index (χ3n) is 11.6. The molecule has 0 aliphatic rings. The van der Waals surface area contributed by atoms with Gasteiger partial charge in [-0.3, -0.25) is 0 Å². The van der Waals surface area contributed by atoms with Gasteiger partial charge in [0.15, 0.2) is 0 Å². The van der Waals surface area contributed by atoms with Gasteiger partial charge in [0.2, 0.25) is 0 Å². The van der Waals surface area contributed by atoms with Crippen LogP contribution in [-0.2, 0) is 0 Å². The van der Waals surface area contributed by atoms with Crippen LogP contribution in [0.4, 0.5) is 34.1 Å². The van der Waals surface area contributed by atoms with Crippen molar-refractivity contribution in [2.45, 2.75) is 0 Å². The molecule has 0 unspecified atom stereocenters. The normalized spacial score (nSPS) is 11.3. The maximum Gasteiger partial charge on any atom is 0.139 e. The minimum Gasteiger partial charge on any atom is -0.456 e. The molecule has 0 saturated heterocycles. The minimum absolute atomic E-state index is 0.805. The second-order valence-electron chi connectivity index (χ2n) is 15.3. The van der Waals surface area contributed by atoms with Gasteiger partial charge in [-0.25, -0.2) is 0 Å². The highest BCUT2D eigenvalue weighted by atomic mass is 16.3. The molecule has 1 aromatic heterocycles. The molecular formula is C58H40N2O. The molecule has 0 N–H and O–H groups in total. The number of anilines is 6. The summed E-state index contributed by atoms with van der Waals surface area (Å²) in [6.45, 7) is 0. The van der Waals surface area contributed by atoms with Crippen molar-refractivity contribution in [2.75, 3.05) is 9.80 Å². The summed E-state index contributed by atoms with van der Waals surface area (Å²) in [6.07, 6.45) is 0. The summed E-state index contributed by atoms with van der Waals surface area (Å²) in [5, 5.41) is 4.42. The van der Waals surface area contributed by atoms with Crippen molar-refractivity contribution in [3.8, 4) is 33.4 Å². The van der Waals surface area contributed by atoms with E-state index in [4.69, 9.17) is 4.42 Å². The first kappa shape index (κ1) is 36.0. The van der Waals surface area contributed by atoms with E-state index in [0.29, 0.717) is 0 Å². The smallest absolute Gasteiger partial charge is 0.139 e. The average molecular weight is 781 g/mol. The van der Waals surface area contributed by atoms with Crippen molar-refractivity contribution >= 4 is 66.8 Å². The van der Waals surface area contributed by atoms with E-state index in [2.05, 4.69) is 252 Å². The topological polar surface area (TPSA) is 19.6 Å². The zero-order chi connectivity index (χ0) is 40.5. The van der Waals surface area contributed by atoms with Crippen molar-refractivity contribution in [1.82, 2.24) is 0 Å². The van der Waals surface area contributed by atoms with Gasteiger partial charge < -0.3 is 14.2 Å². The number of hydrogen-bond donors (Lipinski definition) is 0. The maximum atomic E-state index is 7.04. The Hall–Kier alpha value is -8.14. The van der Waals surface area contributed by atoms with Crippen LogP contribution >= 0.6 is 0 Å². The lowest BCUT2D eigenvalue weighted by molar-refractivity contribution is 0.669. The Morgan fingerprint density at radius 3 is 1.34 bits per heavy atom. The maximum absolute atomic E-state index is 7.04. The Morgan fingerprint density at radius 2 is 0.738 bits per heavy atom. The van der Waals surface area contributed by atoms with Gasteiger partial charge in [-0.1, -0.05) is 182 Å². The fourth-order valence-electron chi connectivity index (χ4n) is 8.77. The molecule has 0 atom stereocenters. The van der Waals surface area contributed by atoms with Gasteiger partial charge in [0.05, 0.1) is 28.1 Å². The second-order valence-corrected chi connectivity index (χ2v) is 15.3. The Morgan fingerprint density at radius 1 is 0.279 bits per heavy atom. The first-order valence-electron chi connectivity index (χ1n) is 20.8. The van der Waals surface area contributed by atoms with E-state index in [1.54, 1.807) is 0 Å². The van der Waals surface area contributed by atoms with Gasteiger partial charge in [-0.2, -0.15) is 0 Å². The monoisotopic (exact) mass is 780 g/mol. The Bertz CT molecular complexity index is 3290. The summed E-state index contributed by atoms with van der Waals surface area (Å²) in [5.41, 5.74) is 14.7. The van der Waals surface area contributed by atoms with Gasteiger partial charge >= 0.3 is 0 Å². The summed E-state index contributed by atoms with van der Waals surface area (Å²) in [4.78, 5) is 4.80. The molecule has 10 aromatic carbocycles. The van der Waals surface area contributed by atoms with Crippen molar-refractivity contribution < 1.29 is 4.42 Å². The average Bonchev–Trinajstić information content (AvgIpc) is 3.70. The molecule has 1 heterocycles. The van der Waals surface area contributed by atoms with Gasteiger partial charge in [0.1, 0.15) is 11.2 Å². The van der Waals surface area contributed by atoms with Crippen LogP contribution in [0.3, 0.4) is 0 Å². The van der Waals surface area contributed by atoms with Crippen LogP contribution in [-0.4, -0.2) is 0 Å². The Balaban J connectivity index is 1.24. The van der Waals surface area contributed by atoms with Crippen LogP contribution in [0.25, 0.3) is 66.1 Å². The lowest BCUT2D eigenvalue weighted by atomic mass is 9.98. The van der Waals surface area contributed by atoms with Crippen LogP contribution in [0.1, 0.15) is 0 Å². The van der Waals surface area contributed by atoms with Crippen LogP contribution in [0.2, 0.25) is 0 Å². The fraction of sp³-hybridized carbons (Fsp3) is 0. The number of nitrogens with zero attached hydrogens (tertiary/aromatic N) is 2. The quantitative estimate of drug-likeness (QED) is 0.145. The summed E-state index contributed by atoms with van der Waals surface area (Å²) in [7, 11) is 0. The summed E-state index contributed by atoms with van der Waals surface area (Å²) in [6, 6.07) is 86.5. The third kappa shape index (κ3) is 6.69. The number of benzene rings is 10. The third-order valence-corrected chi connectivity index (χ3v) is 11.6. The van der Waals surface area contributed by atoms with Gasteiger partial charge in [-0.15, -0.1) is 0 Å². The van der Waals surface area contributed by atoms with E-state index in [-0.39, 0.29) is 0 Å². The molecule has 3 heteroatoms. The molecule has 0 fully saturated rings. The number of fused-ring (bicyclic) bond motifs is 4. The highest BCUT2D eigenvalue weighted by Crippen LogP contribution is 2.50. The van der Waals surface area contributed by atoms with Gasteiger partial charge in [0, 0.05) is 34.0 Å². The van der Waals surface area contributed by atoms with E-state index in [1.807, 2.05) is 0 Å². The highest BCUT2D eigenvalue weighted by molar-refractivity contribution is 6.18. The predicted octanol–water partition coefficient (Wildman–Crippen LogP) is 16.7. The van der Waals surface area contributed by atoms with Crippen molar-refractivity contribution in [3.05, 3.63) is 243 Å². The van der Waals surface area contributed by atoms with E-state index in [1.165, 1.54) is 10.9 Å².